The number of ether oxygens (including phenoxy) is 2. The summed E-state index contributed by atoms with van der Waals surface area (Å²) >= 11 is 0. The Hall–Kier alpha value is -3.10. The zero-order valence-electron chi connectivity index (χ0n) is 14.4. The standard InChI is InChI=1S/C17H19FN4O4/c1-25-10-3-4-11(12(18)7-10)16-15-13(20-9-21-15)5-6-22(16)17(24)19-8-14(23)26-2/h3-4,7,9,16H,5-6,8H2,1-2H3,(H,19,24)(H,20,21). The summed E-state index contributed by atoms with van der Waals surface area (Å²) in [5, 5.41) is 2.50. The van der Waals surface area contributed by atoms with Gasteiger partial charge in [-0.2, -0.15) is 0 Å². The molecule has 1 aliphatic rings. The van der Waals surface area contributed by atoms with Gasteiger partial charge in [-0.25, -0.2) is 14.2 Å². The molecule has 1 aromatic heterocycles. The van der Waals surface area contributed by atoms with E-state index in [-0.39, 0.29) is 6.54 Å². The van der Waals surface area contributed by atoms with Crippen LogP contribution in [0.5, 0.6) is 5.75 Å². The summed E-state index contributed by atoms with van der Waals surface area (Å²) in [6.07, 6.45) is 2.07. The lowest BCUT2D eigenvalue weighted by Gasteiger charge is -2.35. The first kappa shape index (κ1) is 17.7. The van der Waals surface area contributed by atoms with Crippen molar-refractivity contribution in [2.75, 3.05) is 27.3 Å². The Bertz CT molecular complexity index is 823. The van der Waals surface area contributed by atoms with Gasteiger partial charge in [0.25, 0.3) is 0 Å². The fourth-order valence-electron chi connectivity index (χ4n) is 2.99. The minimum Gasteiger partial charge on any atom is -0.497 e. The van der Waals surface area contributed by atoms with Crippen LogP contribution in [0.2, 0.25) is 0 Å². The number of hydrogen-bond acceptors (Lipinski definition) is 5. The number of nitrogens with one attached hydrogen (secondary N) is 2. The first-order chi connectivity index (χ1) is 12.5. The smallest absolute Gasteiger partial charge is 0.325 e. The van der Waals surface area contributed by atoms with Gasteiger partial charge in [0.05, 0.1) is 26.2 Å². The summed E-state index contributed by atoms with van der Waals surface area (Å²) in [7, 11) is 2.69. The molecule has 26 heavy (non-hydrogen) atoms. The van der Waals surface area contributed by atoms with Crippen molar-refractivity contribution in [3.8, 4) is 5.75 Å². The van der Waals surface area contributed by atoms with Gasteiger partial charge in [0.15, 0.2) is 0 Å². The third-order valence-electron chi connectivity index (χ3n) is 4.30. The third-order valence-corrected chi connectivity index (χ3v) is 4.30. The Balaban J connectivity index is 1.94. The lowest BCUT2D eigenvalue weighted by molar-refractivity contribution is -0.139. The molecule has 1 aromatic carbocycles. The van der Waals surface area contributed by atoms with Crippen molar-refractivity contribution < 1.29 is 23.5 Å². The van der Waals surface area contributed by atoms with E-state index >= 15 is 0 Å². The number of hydrogen-bond donors (Lipinski definition) is 2. The SMILES string of the molecule is COC(=O)CNC(=O)N1CCc2[nH]cnc2C1c1ccc(OC)cc1F. The fourth-order valence-corrected chi connectivity index (χ4v) is 2.99. The first-order valence-corrected chi connectivity index (χ1v) is 8.02. The first-order valence-electron chi connectivity index (χ1n) is 8.02. The van der Waals surface area contributed by atoms with Crippen LogP contribution in [-0.2, 0) is 16.0 Å². The molecular weight excluding hydrogens is 343 g/mol. The molecular formula is C17H19FN4O4. The number of esters is 1. The van der Waals surface area contributed by atoms with Crippen LogP contribution >= 0.6 is 0 Å². The largest absolute Gasteiger partial charge is 0.497 e. The Morgan fingerprint density at radius 2 is 2.23 bits per heavy atom. The summed E-state index contributed by atoms with van der Waals surface area (Å²) in [4.78, 5) is 32.6. The number of imidazole rings is 1. The van der Waals surface area contributed by atoms with Gasteiger partial charge in [0.2, 0.25) is 0 Å². The molecule has 138 valence electrons. The molecule has 0 radical (unpaired) electrons. The monoisotopic (exact) mass is 362 g/mol. The number of carbonyl (C=O) groups excluding carboxylic acids is 2. The average molecular weight is 362 g/mol. The van der Waals surface area contributed by atoms with Crippen LogP contribution in [-0.4, -0.2) is 54.2 Å². The number of nitrogens with zero attached hydrogens (tertiary/aromatic N) is 2. The molecule has 0 bridgehead atoms. The van der Waals surface area contributed by atoms with E-state index in [2.05, 4.69) is 20.0 Å². The molecule has 1 aliphatic heterocycles. The Morgan fingerprint density at radius 3 is 2.92 bits per heavy atom. The van der Waals surface area contributed by atoms with E-state index < -0.39 is 23.9 Å². The van der Waals surface area contributed by atoms with E-state index in [9.17, 15) is 14.0 Å². The van der Waals surface area contributed by atoms with E-state index in [0.29, 0.717) is 30.0 Å². The number of amides is 2. The summed E-state index contributed by atoms with van der Waals surface area (Å²) in [5.41, 5.74) is 1.72. The average Bonchev–Trinajstić information content (AvgIpc) is 3.13. The van der Waals surface area contributed by atoms with Crippen LogP contribution in [0.1, 0.15) is 23.0 Å². The predicted molar refractivity (Wildman–Crippen MR) is 89.2 cm³/mol. The van der Waals surface area contributed by atoms with Crippen molar-refractivity contribution >= 4 is 12.0 Å². The number of fused-ring (bicyclic) bond motifs is 1. The number of halogens is 1. The molecule has 8 nitrogen and oxygen atoms in total. The molecule has 0 spiro atoms. The molecule has 0 saturated carbocycles. The van der Waals surface area contributed by atoms with Crippen molar-refractivity contribution in [3.63, 3.8) is 0 Å². The van der Waals surface area contributed by atoms with Gasteiger partial charge in [-0.05, 0) is 12.1 Å². The van der Waals surface area contributed by atoms with Gasteiger partial charge in [0.1, 0.15) is 24.2 Å². The second-order valence-electron chi connectivity index (χ2n) is 5.73. The maximum absolute atomic E-state index is 14.7. The van der Waals surface area contributed by atoms with E-state index in [4.69, 9.17) is 4.74 Å². The van der Waals surface area contributed by atoms with Crippen molar-refractivity contribution in [3.05, 3.63) is 47.3 Å². The summed E-state index contributed by atoms with van der Waals surface area (Å²) in [6, 6.07) is 3.26. The van der Waals surface area contributed by atoms with E-state index in [0.717, 1.165) is 5.69 Å². The molecule has 1 atom stereocenters. The van der Waals surface area contributed by atoms with Crippen LogP contribution in [0, 0.1) is 5.82 Å². The molecule has 0 aliphatic carbocycles. The molecule has 2 amide bonds. The van der Waals surface area contributed by atoms with Crippen LogP contribution in [0.15, 0.2) is 24.5 Å². The highest BCUT2D eigenvalue weighted by atomic mass is 19.1. The molecule has 1 unspecified atom stereocenters. The van der Waals surface area contributed by atoms with Crippen LogP contribution < -0.4 is 10.1 Å². The van der Waals surface area contributed by atoms with Gasteiger partial charge in [-0.1, -0.05) is 0 Å². The van der Waals surface area contributed by atoms with Crippen LogP contribution in [0.3, 0.4) is 0 Å². The van der Waals surface area contributed by atoms with Crippen molar-refractivity contribution in [1.82, 2.24) is 20.2 Å². The maximum Gasteiger partial charge on any atom is 0.325 e. The maximum atomic E-state index is 14.7. The number of aromatic amines is 1. The van der Waals surface area contributed by atoms with Gasteiger partial charge < -0.3 is 24.7 Å². The summed E-state index contributed by atoms with van der Waals surface area (Å²) in [5.74, 6) is -0.690. The second-order valence-corrected chi connectivity index (χ2v) is 5.73. The van der Waals surface area contributed by atoms with Crippen molar-refractivity contribution in [2.45, 2.75) is 12.5 Å². The highest BCUT2D eigenvalue weighted by Crippen LogP contribution is 2.35. The minimum absolute atomic E-state index is 0.267. The van der Waals surface area contributed by atoms with Crippen LogP contribution in [0.4, 0.5) is 9.18 Å². The molecule has 9 heteroatoms. The number of aromatic nitrogens is 2. The molecule has 2 aromatic rings. The number of rotatable bonds is 4. The van der Waals surface area contributed by atoms with Gasteiger partial charge in [0, 0.05) is 30.3 Å². The van der Waals surface area contributed by atoms with E-state index in [1.807, 2.05) is 0 Å². The van der Waals surface area contributed by atoms with E-state index in [1.54, 1.807) is 12.1 Å². The van der Waals surface area contributed by atoms with E-state index in [1.165, 1.54) is 31.5 Å². The topological polar surface area (TPSA) is 96.6 Å². The molecule has 0 fully saturated rings. The summed E-state index contributed by atoms with van der Waals surface area (Å²) in [6.45, 7) is 0.0788. The zero-order valence-corrected chi connectivity index (χ0v) is 14.4. The molecule has 3 rings (SSSR count). The third kappa shape index (κ3) is 3.32. The number of methoxy groups -OCH3 is 2. The Labute approximate surface area is 149 Å². The highest BCUT2D eigenvalue weighted by molar-refractivity contribution is 5.81. The van der Waals surface area contributed by atoms with Gasteiger partial charge in [-0.3, -0.25) is 4.79 Å². The number of carbonyl (C=O) groups is 2. The zero-order chi connectivity index (χ0) is 18.7. The lowest BCUT2D eigenvalue weighted by Crippen LogP contribution is -2.47. The molecule has 2 heterocycles. The number of H-pyrrole nitrogens is 1. The molecule has 2 N–H and O–H groups in total. The fraction of sp³-hybridized carbons (Fsp3) is 0.353. The van der Waals surface area contributed by atoms with Gasteiger partial charge in [-0.15, -0.1) is 0 Å². The Morgan fingerprint density at radius 1 is 1.42 bits per heavy atom. The number of urea groups is 1. The summed E-state index contributed by atoms with van der Waals surface area (Å²) < 4.78 is 24.2. The predicted octanol–water partition coefficient (Wildman–Crippen LogP) is 1.39. The normalized spacial score (nSPS) is 16.0. The molecule has 0 saturated heterocycles. The quantitative estimate of drug-likeness (QED) is 0.801. The van der Waals surface area contributed by atoms with Gasteiger partial charge >= 0.3 is 12.0 Å². The lowest BCUT2D eigenvalue weighted by atomic mass is 9.95. The van der Waals surface area contributed by atoms with Crippen LogP contribution in [0.25, 0.3) is 0 Å². The number of benzene rings is 1. The second kappa shape index (κ2) is 7.42. The van der Waals surface area contributed by atoms with Crippen molar-refractivity contribution in [1.29, 1.82) is 0 Å². The Kier molecular flexibility index (Phi) is 5.06. The minimum atomic E-state index is -0.714. The highest BCUT2D eigenvalue weighted by Gasteiger charge is 2.35. The van der Waals surface area contributed by atoms with Crippen molar-refractivity contribution in [2.24, 2.45) is 0 Å².